The van der Waals surface area contributed by atoms with E-state index >= 15 is 0 Å². The third-order valence-electron chi connectivity index (χ3n) is 4.96. The van der Waals surface area contributed by atoms with Crippen LogP contribution in [-0.2, 0) is 4.74 Å². The first-order valence-electron chi connectivity index (χ1n) is 7.90. The van der Waals surface area contributed by atoms with Gasteiger partial charge in [0.05, 0.1) is 26.6 Å². The van der Waals surface area contributed by atoms with Gasteiger partial charge in [0, 0.05) is 32.5 Å². The maximum absolute atomic E-state index is 4.94. The predicted molar refractivity (Wildman–Crippen MR) is 96.0 cm³/mol. The van der Waals surface area contributed by atoms with Crippen molar-refractivity contribution in [3.63, 3.8) is 0 Å². The van der Waals surface area contributed by atoms with Crippen LogP contribution in [0.1, 0.15) is 40.5 Å². The van der Waals surface area contributed by atoms with E-state index in [2.05, 4.69) is 34.4 Å². The van der Waals surface area contributed by atoms with Crippen LogP contribution in [0.2, 0.25) is 0 Å². The normalized spacial score (nSPS) is 32.1. The first kappa shape index (κ1) is 20.1. The van der Waals surface area contributed by atoms with Crippen molar-refractivity contribution in [1.82, 2.24) is 0 Å². The van der Waals surface area contributed by atoms with Gasteiger partial charge >= 0.3 is 0 Å². The molecule has 1 nitrogen and oxygen atoms in total. The molecule has 1 fully saturated rings. The Morgan fingerprint density at radius 1 is 0.810 bits per heavy atom. The Morgan fingerprint density at radius 2 is 1.24 bits per heavy atom. The third kappa shape index (κ3) is 5.27. The molecule has 0 aromatic carbocycles. The Balaban J connectivity index is 0.000000313. The van der Waals surface area contributed by atoms with Crippen LogP contribution >= 0.6 is 14.6 Å². The number of hydrogen-bond acceptors (Lipinski definition) is 1. The average molecular weight is 440 g/mol. The van der Waals surface area contributed by atoms with Gasteiger partial charge in [0.2, 0.25) is 0 Å². The summed E-state index contributed by atoms with van der Waals surface area (Å²) in [6.45, 7) is 13.5. The van der Waals surface area contributed by atoms with Gasteiger partial charge in [-0.05, 0) is 51.7 Å². The van der Waals surface area contributed by atoms with Crippen LogP contribution in [0.4, 0.5) is 0 Å². The zero-order valence-electron chi connectivity index (χ0n) is 14.3. The molecule has 3 aliphatic heterocycles. The fraction of sp³-hybridized carbons (Fsp3) is 0.765. The lowest BCUT2D eigenvalue weighted by atomic mass is 10.2. The summed E-state index contributed by atoms with van der Waals surface area (Å²) in [7, 11) is 0.335. The number of halogens is 1. The maximum atomic E-state index is 4.94. The average Bonchev–Trinajstić information content (AvgIpc) is 2.93. The monoisotopic (exact) mass is 440 g/mol. The Morgan fingerprint density at radius 3 is 1.57 bits per heavy atom. The fourth-order valence-corrected chi connectivity index (χ4v) is 14.6. The minimum Gasteiger partial charge on any atom is -1.00 e. The molecule has 0 aromatic heterocycles. The highest BCUT2D eigenvalue weighted by molar-refractivity contribution is 8.39. The van der Waals surface area contributed by atoms with Gasteiger partial charge < -0.3 is 28.7 Å². The van der Waals surface area contributed by atoms with Crippen molar-refractivity contribution in [3.05, 3.63) is 22.3 Å². The highest BCUT2D eigenvalue weighted by atomic mass is 127. The zero-order valence-corrected chi connectivity index (χ0v) is 18.3. The number of fused-ring (bicyclic) bond motifs is 1. The van der Waals surface area contributed by atoms with Gasteiger partial charge in [-0.3, -0.25) is 0 Å². The summed E-state index contributed by atoms with van der Waals surface area (Å²) in [5, 5.41) is 0. The molecular formula is C17H31IOP2. The molecule has 4 heteroatoms. The van der Waals surface area contributed by atoms with Crippen LogP contribution < -0.4 is 24.0 Å². The molecule has 0 aromatic rings. The number of hydrogen-bond donors (Lipinski definition) is 0. The highest BCUT2D eigenvalue weighted by Gasteiger charge is 2.47. The van der Waals surface area contributed by atoms with Gasteiger partial charge in [-0.25, -0.2) is 0 Å². The molecule has 0 bridgehead atoms. The van der Waals surface area contributed by atoms with E-state index in [9.17, 15) is 0 Å². The van der Waals surface area contributed by atoms with Crippen LogP contribution in [0, 0.1) is 0 Å². The van der Waals surface area contributed by atoms with E-state index in [1.807, 2.05) is 0 Å². The molecule has 0 unspecified atom stereocenters. The lowest BCUT2D eigenvalue weighted by molar-refractivity contribution is -0.00000510. The Bertz CT molecular complexity index is 387. The number of ether oxygens (including phenoxy) is 1. The molecule has 0 aliphatic carbocycles. The molecule has 0 atom stereocenters. The van der Waals surface area contributed by atoms with Crippen LogP contribution in [0.3, 0.4) is 0 Å². The van der Waals surface area contributed by atoms with Crippen LogP contribution in [0.15, 0.2) is 22.3 Å². The molecule has 0 radical (unpaired) electrons. The van der Waals surface area contributed by atoms with E-state index in [1.54, 1.807) is 22.3 Å². The molecule has 0 N–H and O–H groups in total. The van der Waals surface area contributed by atoms with Crippen molar-refractivity contribution in [3.8, 4) is 0 Å². The second-order valence-corrected chi connectivity index (χ2v) is 16.5. The number of allylic oxidation sites excluding steroid dienone is 4. The van der Waals surface area contributed by atoms with Crippen molar-refractivity contribution < 1.29 is 28.7 Å². The third-order valence-corrected chi connectivity index (χ3v) is 16.1. The van der Waals surface area contributed by atoms with E-state index in [0.29, 0.717) is 7.61 Å². The van der Waals surface area contributed by atoms with Gasteiger partial charge in [0.15, 0.2) is 0 Å². The summed E-state index contributed by atoms with van der Waals surface area (Å²) >= 11 is 0. The Kier molecular flexibility index (Phi) is 8.38. The predicted octanol–water partition coefficient (Wildman–Crippen LogP) is 2.53. The van der Waals surface area contributed by atoms with E-state index in [-0.39, 0.29) is 24.0 Å². The highest BCUT2D eigenvalue weighted by Crippen LogP contribution is 2.86. The van der Waals surface area contributed by atoms with Gasteiger partial charge in [-0.2, -0.15) is 0 Å². The molecule has 122 valence electrons. The van der Waals surface area contributed by atoms with E-state index < -0.39 is 6.95 Å². The summed E-state index contributed by atoms with van der Waals surface area (Å²) < 4.78 is 4.94. The quantitative estimate of drug-likeness (QED) is 0.320. The van der Waals surface area contributed by atoms with Crippen molar-refractivity contribution in [2.75, 3.05) is 44.5 Å². The van der Waals surface area contributed by atoms with Gasteiger partial charge in [0.25, 0.3) is 0 Å². The summed E-state index contributed by atoms with van der Waals surface area (Å²) in [4.78, 5) is 0. The van der Waals surface area contributed by atoms with E-state index in [1.165, 1.54) is 37.5 Å². The van der Waals surface area contributed by atoms with Crippen LogP contribution in [0.5, 0.6) is 0 Å². The van der Waals surface area contributed by atoms with Crippen LogP contribution in [-0.4, -0.2) is 44.5 Å². The smallest absolute Gasteiger partial charge is 0.0825 e. The molecule has 0 saturated carbocycles. The largest absolute Gasteiger partial charge is 1.00 e. The first-order valence-corrected chi connectivity index (χ1v) is 12.9. The van der Waals surface area contributed by atoms with Crippen molar-refractivity contribution in [1.29, 1.82) is 0 Å². The van der Waals surface area contributed by atoms with Gasteiger partial charge in [-0.1, -0.05) is 11.1 Å². The summed E-state index contributed by atoms with van der Waals surface area (Å²) in [5.41, 5.74) is 6.87. The van der Waals surface area contributed by atoms with Gasteiger partial charge in [0.1, 0.15) is 0 Å². The van der Waals surface area contributed by atoms with E-state index in [0.717, 1.165) is 13.2 Å². The molecule has 0 spiro atoms. The topological polar surface area (TPSA) is 9.23 Å². The van der Waals surface area contributed by atoms with Crippen LogP contribution in [0.25, 0.3) is 0 Å². The lowest BCUT2D eigenvalue weighted by Crippen LogP contribution is -3.00. The van der Waals surface area contributed by atoms with Crippen molar-refractivity contribution >= 4 is 14.6 Å². The molecule has 21 heavy (non-hydrogen) atoms. The molecule has 3 rings (SSSR count). The van der Waals surface area contributed by atoms with Gasteiger partial charge in [-0.15, -0.1) is 0 Å². The molecule has 0 amide bonds. The standard InChI is InChI=1S/C13H23P2.C4H8O.HI/c1-10-6-14-7-11(2)13(4)9-15(14,5)8-12(10)3;1-2-4-5-3-1;/h6-9H2,1-5H3;1-4H2;1H/q+1;;/p-1. The minimum atomic E-state index is -0.606. The van der Waals surface area contributed by atoms with E-state index in [4.69, 9.17) is 4.74 Å². The lowest BCUT2D eigenvalue weighted by Gasteiger charge is -2.40. The molecule has 3 aliphatic rings. The maximum Gasteiger partial charge on any atom is 0.0825 e. The van der Waals surface area contributed by atoms with Crippen molar-refractivity contribution in [2.45, 2.75) is 40.5 Å². The molecule has 1 saturated heterocycles. The molecular weight excluding hydrogens is 409 g/mol. The second kappa shape index (κ2) is 8.76. The molecule has 3 heterocycles. The SMILES string of the molecule is C1CCOC1.CC1=C(C)C[P+]2(C)CC(C)=C(C)CP2C1.[I-]. The number of rotatable bonds is 0. The Hall–Kier alpha value is 1.03. The summed E-state index contributed by atoms with van der Waals surface area (Å²) in [5.74, 6) is 0. The summed E-state index contributed by atoms with van der Waals surface area (Å²) in [6.07, 6.45) is 8.40. The fourth-order valence-electron chi connectivity index (χ4n) is 3.27. The summed E-state index contributed by atoms with van der Waals surface area (Å²) in [6, 6.07) is 0. The zero-order chi connectivity index (χ0) is 14.8. The minimum absolute atomic E-state index is 0. The van der Waals surface area contributed by atoms with Crippen molar-refractivity contribution in [2.24, 2.45) is 0 Å². The Labute approximate surface area is 150 Å². The first-order chi connectivity index (χ1) is 9.42. The second-order valence-electron chi connectivity index (χ2n) is 6.92.